The summed E-state index contributed by atoms with van der Waals surface area (Å²) in [6.45, 7) is -0.724. The highest BCUT2D eigenvalue weighted by atomic mass is 19.4. The summed E-state index contributed by atoms with van der Waals surface area (Å²) >= 11 is 0. The molecule has 1 aliphatic carbocycles. The summed E-state index contributed by atoms with van der Waals surface area (Å²) in [5.74, 6) is -5.66. The van der Waals surface area contributed by atoms with E-state index < -0.39 is 48.0 Å². The second kappa shape index (κ2) is 5.51. The highest BCUT2D eigenvalue weighted by Gasteiger charge is 2.48. The molecule has 3 rings (SSSR count). The van der Waals surface area contributed by atoms with Crippen LogP contribution in [0.1, 0.15) is 40.2 Å². The third kappa shape index (κ3) is 2.66. The number of hydrogen-bond acceptors (Lipinski definition) is 1. The molecular formula is C17H12F6O. The van der Waals surface area contributed by atoms with Gasteiger partial charge in [-0.05, 0) is 29.3 Å². The van der Waals surface area contributed by atoms with Crippen molar-refractivity contribution in [2.75, 3.05) is 0 Å². The van der Waals surface area contributed by atoms with Crippen molar-refractivity contribution in [2.45, 2.75) is 31.0 Å². The zero-order valence-electron chi connectivity index (χ0n) is 12.2. The summed E-state index contributed by atoms with van der Waals surface area (Å²) in [4.78, 5) is 0. The number of rotatable bonds is 2. The zero-order valence-corrected chi connectivity index (χ0v) is 12.2. The summed E-state index contributed by atoms with van der Waals surface area (Å²) in [7, 11) is 0. The van der Waals surface area contributed by atoms with E-state index in [2.05, 4.69) is 0 Å². The van der Waals surface area contributed by atoms with Gasteiger partial charge in [-0.2, -0.15) is 13.2 Å². The number of hydrogen-bond donors (Lipinski definition) is 1. The summed E-state index contributed by atoms with van der Waals surface area (Å²) in [5.41, 5.74) is -2.20. The second-order valence-electron chi connectivity index (χ2n) is 5.74. The Morgan fingerprint density at radius 2 is 1.75 bits per heavy atom. The Kier molecular flexibility index (Phi) is 3.86. The minimum Gasteiger partial charge on any atom is -0.392 e. The van der Waals surface area contributed by atoms with Gasteiger partial charge in [0.15, 0.2) is 0 Å². The van der Waals surface area contributed by atoms with Gasteiger partial charge in [-0.25, -0.2) is 13.2 Å². The normalized spacial score (nSPS) is 19.4. The molecule has 1 N–H and O–H groups in total. The highest BCUT2D eigenvalue weighted by Crippen LogP contribution is 2.53. The molecule has 0 spiro atoms. The lowest BCUT2D eigenvalue weighted by Gasteiger charge is -2.19. The smallest absolute Gasteiger partial charge is 0.392 e. The predicted octanol–water partition coefficient (Wildman–Crippen LogP) is 4.96. The molecule has 2 aromatic rings. The molecule has 24 heavy (non-hydrogen) atoms. The van der Waals surface area contributed by atoms with E-state index in [-0.39, 0.29) is 16.7 Å². The van der Waals surface area contributed by atoms with Gasteiger partial charge in [0, 0.05) is 23.5 Å². The fraction of sp³-hybridized carbons (Fsp3) is 0.294. The van der Waals surface area contributed by atoms with Crippen LogP contribution in [0.25, 0.3) is 0 Å². The molecule has 1 atom stereocenters. The van der Waals surface area contributed by atoms with E-state index in [1.165, 1.54) is 12.1 Å². The van der Waals surface area contributed by atoms with Gasteiger partial charge in [0.2, 0.25) is 0 Å². The zero-order chi connectivity index (χ0) is 17.7. The van der Waals surface area contributed by atoms with Crippen molar-refractivity contribution in [1.29, 1.82) is 0 Å². The van der Waals surface area contributed by atoms with Gasteiger partial charge in [-0.15, -0.1) is 0 Å². The predicted molar refractivity (Wildman–Crippen MR) is 74.1 cm³/mol. The third-order valence-corrected chi connectivity index (χ3v) is 4.26. The standard InChI is InChI=1S/C17H12F6O/c18-15-6-14-11(5-9(15)8-24)12(7-16(14,19)20)10-3-1-2-4-13(10)17(21,22)23/h1-6,12,24H,7-8H2/t12-/m0/s1. The molecule has 0 amide bonds. The first-order chi connectivity index (χ1) is 11.1. The monoisotopic (exact) mass is 346 g/mol. The number of benzene rings is 2. The molecule has 1 nitrogen and oxygen atoms in total. The number of aliphatic hydroxyl groups excluding tert-OH is 1. The summed E-state index contributed by atoms with van der Waals surface area (Å²) in [5, 5.41) is 9.11. The molecule has 0 saturated carbocycles. The van der Waals surface area contributed by atoms with Crippen LogP contribution in [0.2, 0.25) is 0 Å². The van der Waals surface area contributed by atoms with Gasteiger partial charge in [0.1, 0.15) is 5.82 Å². The van der Waals surface area contributed by atoms with Crippen molar-refractivity contribution in [1.82, 2.24) is 0 Å². The van der Waals surface area contributed by atoms with Gasteiger partial charge < -0.3 is 5.11 Å². The highest BCUT2D eigenvalue weighted by molar-refractivity contribution is 5.49. The average molecular weight is 346 g/mol. The van der Waals surface area contributed by atoms with Crippen LogP contribution < -0.4 is 0 Å². The van der Waals surface area contributed by atoms with Crippen molar-refractivity contribution in [2.24, 2.45) is 0 Å². The molecule has 2 aromatic carbocycles. The number of alkyl halides is 5. The Morgan fingerprint density at radius 1 is 1.08 bits per heavy atom. The number of fused-ring (bicyclic) bond motifs is 1. The summed E-state index contributed by atoms with van der Waals surface area (Å²) < 4.78 is 81.7. The van der Waals surface area contributed by atoms with E-state index >= 15 is 0 Å². The minimum absolute atomic E-state index is 0.0813. The summed E-state index contributed by atoms with van der Waals surface area (Å²) in [6, 6.07) is 6.16. The molecule has 0 radical (unpaired) electrons. The molecule has 0 heterocycles. The maximum absolute atomic E-state index is 14.2. The first-order valence-corrected chi connectivity index (χ1v) is 7.12. The molecule has 0 fully saturated rings. The van der Waals surface area contributed by atoms with Gasteiger partial charge >= 0.3 is 6.18 Å². The molecule has 0 aliphatic heterocycles. The van der Waals surface area contributed by atoms with Gasteiger partial charge in [-0.1, -0.05) is 18.2 Å². The minimum atomic E-state index is -4.69. The van der Waals surface area contributed by atoms with Crippen LogP contribution in [0.5, 0.6) is 0 Å². The Balaban J connectivity index is 2.21. The van der Waals surface area contributed by atoms with Gasteiger partial charge in [-0.3, -0.25) is 0 Å². The van der Waals surface area contributed by atoms with Crippen LogP contribution in [0.3, 0.4) is 0 Å². The largest absolute Gasteiger partial charge is 0.416 e. The molecule has 0 bridgehead atoms. The van der Waals surface area contributed by atoms with E-state index in [0.29, 0.717) is 6.07 Å². The Bertz CT molecular complexity index is 781. The van der Waals surface area contributed by atoms with Crippen molar-refractivity contribution < 1.29 is 31.4 Å². The Labute approximate surface area is 133 Å². The maximum atomic E-state index is 14.2. The topological polar surface area (TPSA) is 20.2 Å². The van der Waals surface area contributed by atoms with Crippen LogP contribution in [0, 0.1) is 5.82 Å². The number of halogens is 6. The Hall–Kier alpha value is -2.02. The van der Waals surface area contributed by atoms with Crippen LogP contribution in [0.4, 0.5) is 26.3 Å². The molecular weight excluding hydrogens is 334 g/mol. The van der Waals surface area contributed by atoms with E-state index in [1.54, 1.807) is 0 Å². The first kappa shape index (κ1) is 16.8. The van der Waals surface area contributed by atoms with Crippen LogP contribution in [-0.4, -0.2) is 5.11 Å². The lowest BCUT2D eigenvalue weighted by molar-refractivity contribution is -0.138. The molecule has 0 aromatic heterocycles. The van der Waals surface area contributed by atoms with Crippen molar-refractivity contribution in [3.8, 4) is 0 Å². The quantitative estimate of drug-likeness (QED) is 0.762. The fourth-order valence-corrected chi connectivity index (χ4v) is 3.18. The lowest BCUT2D eigenvalue weighted by atomic mass is 9.88. The second-order valence-corrected chi connectivity index (χ2v) is 5.74. The van der Waals surface area contributed by atoms with Crippen LogP contribution in [-0.2, 0) is 18.7 Å². The van der Waals surface area contributed by atoms with Crippen LogP contribution >= 0.6 is 0 Å². The maximum Gasteiger partial charge on any atom is 0.416 e. The lowest BCUT2D eigenvalue weighted by Crippen LogP contribution is -2.13. The van der Waals surface area contributed by atoms with E-state index in [4.69, 9.17) is 5.11 Å². The van der Waals surface area contributed by atoms with E-state index in [1.807, 2.05) is 0 Å². The van der Waals surface area contributed by atoms with E-state index in [0.717, 1.165) is 18.2 Å². The third-order valence-electron chi connectivity index (χ3n) is 4.26. The van der Waals surface area contributed by atoms with Crippen molar-refractivity contribution >= 4 is 0 Å². The van der Waals surface area contributed by atoms with Gasteiger partial charge in [0.25, 0.3) is 5.92 Å². The van der Waals surface area contributed by atoms with Gasteiger partial charge in [0.05, 0.1) is 12.2 Å². The fourth-order valence-electron chi connectivity index (χ4n) is 3.18. The Morgan fingerprint density at radius 3 is 2.38 bits per heavy atom. The molecule has 0 unspecified atom stereocenters. The van der Waals surface area contributed by atoms with Crippen LogP contribution in [0.15, 0.2) is 36.4 Å². The molecule has 7 heteroatoms. The average Bonchev–Trinajstić information content (AvgIpc) is 2.77. The van der Waals surface area contributed by atoms with E-state index in [9.17, 15) is 26.3 Å². The number of aliphatic hydroxyl groups is 1. The summed E-state index contributed by atoms with van der Waals surface area (Å²) in [6.07, 6.45) is -5.56. The first-order valence-electron chi connectivity index (χ1n) is 7.12. The van der Waals surface area contributed by atoms with Crippen molar-refractivity contribution in [3.05, 3.63) is 70.0 Å². The molecule has 1 aliphatic rings. The molecule has 0 saturated heterocycles. The van der Waals surface area contributed by atoms with Crippen molar-refractivity contribution in [3.63, 3.8) is 0 Å². The SMILES string of the molecule is OCc1cc2c(cc1F)C(F)(F)C[C@H]2c1ccccc1C(F)(F)F. The molecule has 128 valence electrons.